The Hall–Kier alpha value is -1.32. The molecule has 0 aliphatic rings. The van der Waals surface area contributed by atoms with Crippen LogP contribution in [0.3, 0.4) is 0 Å². The molecule has 0 radical (unpaired) electrons. The van der Waals surface area contributed by atoms with E-state index in [9.17, 15) is 9.59 Å². The minimum absolute atomic E-state index is 0.329. The van der Waals surface area contributed by atoms with Gasteiger partial charge in [-0.25, -0.2) is 0 Å². The van der Waals surface area contributed by atoms with Gasteiger partial charge in [0.1, 0.15) is 6.04 Å². The molecule has 0 aromatic rings. The first kappa shape index (κ1) is 23.7. The smallest absolute Gasteiger partial charge is 0.325 e. The minimum atomic E-state index is -1.02. The number of unbranched alkanes of at least 4 members (excludes halogenated alkanes) is 13. The van der Waals surface area contributed by atoms with Crippen molar-refractivity contribution in [2.45, 2.75) is 110 Å². The molecule has 4 heteroatoms. The zero-order valence-corrected chi connectivity index (χ0v) is 16.4. The van der Waals surface area contributed by atoms with E-state index in [1.807, 2.05) is 6.08 Å². The first-order valence-electron chi connectivity index (χ1n) is 10.3. The average molecular weight is 354 g/mol. The summed E-state index contributed by atoms with van der Waals surface area (Å²) in [5, 5.41) is 11.1. The van der Waals surface area contributed by atoms with Gasteiger partial charge in [-0.05, 0) is 25.8 Å². The summed E-state index contributed by atoms with van der Waals surface area (Å²) in [6.07, 6.45) is 21.5. The summed E-state index contributed by atoms with van der Waals surface area (Å²) in [7, 11) is 0. The number of carboxylic acids is 1. The van der Waals surface area contributed by atoms with Crippen molar-refractivity contribution in [3.63, 3.8) is 0 Å². The van der Waals surface area contributed by atoms with E-state index in [1.165, 1.54) is 90.0 Å². The molecule has 1 unspecified atom stereocenters. The van der Waals surface area contributed by atoms with Crippen LogP contribution in [0, 0.1) is 0 Å². The zero-order chi connectivity index (χ0) is 18.8. The second-order valence-electron chi connectivity index (χ2n) is 7.00. The quantitative estimate of drug-likeness (QED) is 0.264. The number of nitrogens with one attached hydrogen (secondary N) is 1. The highest BCUT2D eigenvalue weighted by molar-refractivity contribution is 5.90. The molecule has 1 atom stereocenters. The maximum absolute atomic E-state index is 11.4. The molecule has 0 saturated heterocycles. The monoisotopic (exact) mass is 353 g/mol. The zero-order valence-electron chi connectivity index (χ0n) is 16.4. The van der Waals surface area contributed by atoms with Crippen molar-refractivity contribution in [3.05, 3.63) is 12.2 Å². The summed E-state index contributed by atoms with van der Waals surface area (Å²) in [4.78, 5) is 22.0. The predicted molar refractivity (Wildman–Crippen MR) is 105 cm³/mol. The molecule has 0 aromatic heterocycles. The van der Waals surface area contributed by atoms with Crippen LogP contribution in [0.5, 0.6) is 0 Å². The van der Waals surface area contributed by atoms with Crippen molar-refractivity contribution in [2.75, 3.05) is 0 Å². The summed E-state index contributed by atoms with van der Waals surface area (Å²) in [6, 6.07) is -0.839. The van der Waals surface area contributed by atoms with Crippen LogP contribution in [0.15, 0.2) is 12.2 Å². The Morgan fingerprint density at radius 1 is 0.840 bits per heavy atom. The number of hydrogen-bond acceptors (Lipinski definition) is 2. The van der Waals surface area contributed by atoms with Crippen LogP contribution in [-0.4, -0.2) is 23.0 Å². The Morgan fingerprint density at radius 2 is 1.28 bits per heavy atom. The fourth-order valence-corrected chi connectivity index (χ4v) is 2.79. The van der Waals surface area contributed by atoms with Gasteiger partial charge in [-0.1, -0.05) is 90.0 Å². The lowest BCUT2D eigenvalue weighted by atomic mass is 10.0. The Balaban J connectivity index is 3.29. The first-order valence-corrected chi connectivity index (χ1v) is 10.3. The molecule has 0 heterocycles. The van der Waals surface area contributed by atoms with E-state index in [2.05, 4.69) is 12.2 Å². The maximum Gasteiger partial charge on any atom is 0.325 e. The first-order chi connectivity index (χ1) is 12.1. The summed E-state index contributed by atoms with van der Waals surface area (Å²) in [5.74, 6) is -1.34. The topological polar surface area (TPSA) is 66.4 Å². The van der Waals surface area contributed by atoms with Gasteiger partial charge in [-0.2, -0.15) is 0 Å². The maximum atomic E-state index is 11.4. The van der Waals surface area contributed by atoms with Crippen LogP contribution in [0.2, 0.25) is 0 Å². The number of carboxylic acid groups (broad SMARTS) is 1. The third-order valence-corrected chi connectivity index (χ3v) is 4.47. The molecule has 1 amide bonds. The molecule has 0 aliphatic heterocycles. The van der Waals surface area contributed by atoms with Crippen LogP contribution in [0.1, 0.15) is 104 Å². The highest BCUT2D eigenvalue weighted by Crippen LogP contribution is 2.12. The average Bonchev–Trinajstić information content (AvgIpc) is 2.58. The van der Waals surface area contributed by atoms with Gasteiger partial charge in [-0.3, -0.25) is 9.59 Å². The fourth-order valence-electron chi connectivity index (χ4n) is 2.79. The normalized spacial score (nSPS) is 12.4. The molecule has 25 heavy (non-hydrogen) atoms. The van der Waals surface area contributed by atoms with E-state index in [1.54, 1.807) is 0 Å². The van der Waals surface area contributed by atoms with Crippen molar-refractivity contribution >= 4 is 11.9 Å². The van der Waals surface area contributed by atoms with Crippen LogP contribution in [0.4, 0.5) is 0 Å². The van der Waals surface area contributed by atoms with Crippen LogP contribution in [0.25, 0.3) is 0 Å². The van der Waals surface area contributed by atoms with Gasteiger partial charge in [-0.15, -0.1) is 0 Å². The van der Waals surface area contributed by atoms with Crippen molar-refractivity contribution in [3.8, 4) is 0 Å². The summed E-state index contributed by atoms with van der Waals surface area (Å²) < 4.78 is 0. The van der Waals surface area contributed by atoms with Crippen LogP contribution >= 0.6 is 0 Å². The number of carbonyl (C=O) groups is 2. The van der Waals surface area contributed by atoms with E-state index in [4.69, 9.17) is 5.11 Å². The molecular formula is C21H39NO3. The van der Waals surface area contributed by atoms with Crippen LogP contribution < -0.4 is 5.32 Å². The van der Waals surface area contributed by atoms with Crippen molar-refractivity contribution in [1.82, 2.24) is 5.32 Å². The third kappa shape index (κ3) is 17.3. The molecule has 0 aromatic carbocycles. The SMILES string of the molecule is CCCCCCCCCCCCCCCC=CC(=O)NC(C)C(=O)O. The molecule has 4 nitrogen and oxygen atoms in total. The van der Waals surface area contributed by atoms with Crippen molar-refractivity contribution in [2.24, 2.45) is 0 Å². The van der Waals surface area contributed by atoms with Crippen LogP contribution in [-0.2, 0) is 9.59 Å². The van der Waals surface area contributed by atoms with Gasteiger partial charge in [0.25, 0.3) is 0 Å². The molecular weight excluding hydrogens is 314 g/mol. The van der Waals surface area contributed by atoms with E-state index in [0.29, 0.717) is 0 Å². The van der Waals surface area contributed by atoms with Gasteiger partial charge in [0.2, 0.25) is 5.91 Å². The molecule has 0 fully saturated rings. The van der Waals surface area contributed by atoms with Crippen molar-refractivity contribution in [1.29, 1.82) is 0 Å². The van der Waals surface area contributed by atoms with Gasteiger partial charge in [0, 0.05) is 0 Å². The van der Waals surface area contributed by atoms with Gasteiger partial charge in [0.05, 0.1) is 0 Å². The van der Waals surface area contributed by atoms with E-state index in [-0.39, 0.29) is 5.91 Å². The van der Waals surface area contributed by atoms with Gasteiger partial charge < -0.3 is 10.4 Å². The highest BCUT2D eigenvalue weighted by Gasteiger charge is 2.11. The molecule has 0 aliphatic carbocycles. The number of aliphatic carboxylic acids is 1. The molecule has 0 rings (SSSR count). The lowest BCUT2D eigenvalue weighted by Gasteiger charge is -2.05. The second kappa shape index (κ2) is 17.5. The number of amides is 1. The Labute approximate surface area is 154 Å². The standard InChI is InChI=1S/C21H39NO3/c1-3-4-5-6-7-8-9-10-11-12-13-14-15-16-17-18-20(23)22-19(2)21(24)25/h17-19H,3-16H2,1-2H3,(H,22,23)(H,24,25). The largest absolute Gasteiger partial charge is 0.480 e. The number of carbonyl (C=O) groups excluding carboxylic acids is 1. The predicted octanol–water partition coefficient (Wildman–Crippen LogP) is 5.61. The Morgan fingerprint density at radius 3 is 1.72 bits per heavy atom. The summed E-state index contributed by atoms with van der Waals surface area (Å²) >= 11 is 0. The van der Waals surface area contributed by atoms with Gasteiger partial charge >= 0.3 is 5.97 Å². The number of rotatable bonds is 17. The molecule has 2 N–H and O–H groups in total. The molecule has 146 valence electrons. The lowest BCUT2D eigenvalue weighted by molar-refractivity contribution is -0.140. The summed E-state index contributed by atoms with van der Waals surface area (Å²) in [5.41, 5.74) is 0. The molecule has 0 bridgehead atoms. The minimum Gasteiger partial charge on any atom is -0.480 e. The van der Waals surface area contributed by atoms with Crippen molar-refractivity contribution < 1.29 is 14.7 Å². The highest BCUT2D eigenvalue weighted by atomic mass is 16.4. The molecule has 0 spiro atoms. The van der Waals surface area contributed by atoms with E-state index in [0.717, 1.165) is 12.8 Å². The second-order valence-corrected chi connectivity index (χ2v) is 7.00. The number of allylic oxidation sites excluding steroid dienone is 1. The fraction of sp³-hybridized carbons (Fsp3) is 0.810. The van der Waals surface area contributed by atoms with Gasteiger partial charge in [0.15, 0.2) is 0 Å². The summed E-state index contributed by atoms with van der Waals surface area (Å²) in [6.45, 7) is 3.72. The number of hydrogen-bond donors (Lipinski definition) is 2. The Kier molecular flexibility index (Phi) is 16.6. The van der Waals surface area contributed by atoms with E-state index < -0.39 is 12.0 Å². The van der Waals surface area contributed by atoms with E-state index >= 15 is 0 Å². The Bertz CT molecular complexity index is 366. The lowest BCUT2D eigenvalue weighted by Crippen LogP contribution is -2.37. The third-order valence-electron chi connectivity index (χ3n) is 4.47. The molecule has 0 saturated carbocycles.